The van der Waals surface area contributed by atoms with Crippen molar-refractivity contribution in [3.8, 4) is 11.3 Å². The lowest BCUT2D eigenvalue weighted by Crippen LogP contribution is -2.27. The summed E-state index contributed by atoms with van der Waals surface area (Å²) in [5.41, 5.74) is 4.16. The van der Waals surface area contributed by atoms with Gasteiger partial charge in [0.05, 0.1) is 18.1 Å². The molecule has 7 nitrogen and oxygen atoms in total. The highest BCUT2D eigenvalue weighted by Crippen LogP contribution is 2.25. The molecule has 0 fully saturated rings. The smallest absolute Gasteiger partial charge is 0.278 e. The molecule has 4 rings (SSSR count). The Hall–Kier alpha value is -3.71. The molecule has 4 aromatic rings. The summed E-state index contributed by atoms with van der Waals surface area (Å²) in [6, 6.07) is 14.6. The average molecular weight is 434 g/mol. The number of nitrogens with zero attached hydrogens (tertiary/aromatic N) is 5. The molecule has 2 aromatic heterocycles. The SMILES string of the molecule is CC(=O)N(C)c1ccc(-c2cnc3cnc(C(=O)N(C)c4ccc(Cl)cc4)cn23)cc1. The summed E-state index contributed by atoms with van der Waals surface area (Å²) in [6.45, 7) is 1.52. The van der Waals surface area contributed by atoms with Gasteiger partial charge in [0.15, 0.2) is 5.65 Å². The summed E-state index contributed by atoms with van der Waals surface area (Å²) in [5, 5.41) is 0.604. The van der Waals surface area contributed by atoms with Gasteiger partial charge in [-0.2, -0.15) is 0 Å². The molecule has 0 aliphatic rings. The molecule has 8 heteroatoms. The van der Waals surface area contributed by atoms with Gasteiger partial charge in [0.1, 0.15) is 5.69 Å². The van der Waals surface area contributed by atoms with E-state index in [1.165, 1.54) is 11.8 Å². The maximum absolute atomic E-state index is 13.0. The van der Waals surface area contributed by atoms with Crippen LogP contribution in [0.1, 0.15) is 17.4 Å². The van der Waals surface area contributed by atoms with Crippen molar-refractivity contribution in [2.75, 3.05) is 23.9 Å². The van der Waals surface area contributed by atoms with Crippen molar-refractivity contribution in [3.63, 3.8) is 0 Å². The summed E-state index contributed by atoms with van der Waals surface area (Å²) in [6.07, 6.45) is 4.99. The Bertz CT molecular complexity index is 1270. The van der Waals surface area contributed by atoms with Crippen LogP contribution >= 0.6 is 11.6 Å². The molecule has 2 aromatic carbocycles. The number of imidazole rings is 1. The van der Waals surface area contributed by atoms with Crippen LogP contribution in [0.15, 0.2) is 67.1 Å². The van der Waals surface area contributed by atoms with Gasteiger partial charge < -0.3 is 9.80 Å². The second kappa shape index (κ2) is 8.20. The van der Waals surface area contributed by atoms with Crippen molar-refractivity contribution in [1.82, 2.24) is 14.4 Å². The molecule has 0 aliphatic carbocycles. The number of fused-ring (bicyclic) bond motifs is 1. The summed E-state index contributed by atoms with van der Waals surface area (Å²) in [5.74, 6) is -0.288. The standard InChI is InChI=1S/C23H20ClN5O2/c1-15(30)27(2)18-8-4-16(5-9-18)21-12-26-22-13-25-20(14-29(21)22)23(31)28(3)19-10-6-17(24)7-11-19/h4-14H,1-3H3. The number of halogens is 1. The van der Waals surface area contributed by atoms with Crippen LogP contribution in [-0.4, -0.2) is 40.3 Å². The molecule has 2 amide bonds. The monoisotopic (exact) mass is 433 g/mol. The zero-order chi connectivity index (χ0) is 22.1. The van der Waals surface area contributed by atoms with Crippen LogP contribution in [0.2, 0.25) is 5.02 Å². The van der Waals surface area contributed by atoms with Crippen LogP contribution in [0, 0.1) is 0 Å². The topological polar surface area (TPSA) is 70.8 Å². The van der Waals surface area contributed by atoms with E-state index in [0.29, 0.717) is 16.4 Å². The van der Waals surface area contributed by atoms with Gasteiger partial charge in [-0.05, 0) is 36.4 Å². The molecule has 0 saturated carbocycles. The van der Waals surface area contributed by atoms with E-state index in [0.717, 1.165) is 16.9 Å². The summed E-state index contributed by atoms with van der Waals surface area (Å²) in [4.78, 5) is 36.3. The molecule has 31 heavy (non-hydrogen) atoms. The van der Waals surface area contributed by atoms with E-state index in [1.54, 1.807) is 61.9 Å². The van der Waals surface area contributed by atoms with Crippen molar-refractivity contribution in [2.24, 2.45) is 0 Å². The Labute approximate surface area is 184 Å². The Kier molecular flexibility index (Phi) is 5.44. The molecule has 156 valence electrons. The fraction of sp³-hybridized carbons (Fsp3) is 0.130. The average Bonchev–Trinajstić information content (AvgIpc) is 3.21. The number of aromatic nitrogens is 3. The quantitative estimate of drug-likeness (QED) is 0.481. The Morgan fingerprint density at radius 1 is 0.871 bits per heavy atom. The largest absolute Gasteiger partial charge is 0.316 e. The predicted octanol–water partition coefficient (Wildman–Crippen LogP) is 4.31. The fourth-order valence-corrected chi connectivity index (χ4v) is 3.33. The third-order valence-electron chi connectivity index (χ3n) is 5.16. The predicted molar refractivity (Wildman–Crippen MR) is 122 cm³/mol. The molecule has 0 spiro atoms. The first-order valence-electron chi connectivity index (χ1n) is 9.56. The molecule has 0 bridgehead atoms. The number of hydrogen-bond donors (Lipinski definition) is 0. The van der Waals surface area contributed by atoms with Gasteiger partial charge in [0, 0.05) is 49.2 Å². The van der Waals surface area contributed by atoms with Crippen molar-refractivity contribution >= 4 is 40.4 Å². The van der Waals surface area contributed by atoms with Gasteiger partial charge in [-0.15, -0.1) is 0 Å². The van der Waals surface area contributed by atoms with Gasteiger partial charge in [-0.1, -0.05) is 23.7 Å². The van der Waals surface area contributed by atoms with E-state index in [1.807, 2.05) is 28.7 Å². The Balaban J connectivity index is 1.67. The van der Waals surface area contributed by atoms with Crippen LogP contribution in [0.4, 0.5) is 11.4 Å². The lowest BCUT2D eigenvalue weighted by molar-refractivity contribution is -0.116. The minimum Gasteiger partial charge on any atom is -0.316 e. The first-order chi connectivity index (χ1) is 14.8. The molecule has 0 unspecified atom stereocenters. The highest BCUT2D eigenvalue weighted by atomic mass is 35.5. The normalized spacial score (nSPS) is 10.8. The summed E-state index contributed by atoms with van der Waals surface area (Å²) in [7, 11) is 3.42. The van der Waals surface area contributed by atoms with Crippen molar-refractivity contribution < 1.29 is 9.59 Å². The zero-order valence-corrected chi connectivity index (χ0v) is 18.0. The minimum atomic E-state index is -0.248. The van der Waals surface area contributed by atoms with Crippen LogP contribution in [0.3, 0.4) is 0 Å². The number of rotatable bonds is 4. The highest BCUT2D eigenvalue weighted by molar-refractivity contribution is 6.30. The van der Waals surface area contributed by atoms with Gasteiger partial charge in [-0.3, -0.25) is 14.0 Å². The van der Waals surface area contributed by atoms with Gasteiger partial charge in [-0.25, -0.2) is 9.97 Å². The Morgan fingerprint density at radius 3 is 2.13 bits per heavy atom. The third-order valence-corrected chi connectivity index (χ3v) is 5.41. The van der Waals surface area contributed by atoms with E-state index in [9.17, 15) is 9.59 Å². The van der Waals surface area contributed by atoms with E-state index in [4.69, 9.17) is 11.6 Å². The number of carbonyl (C=O) groups excluding carboxylic acids is 2. The Morgan fingerprint density at radius 2 is 1.48 bits per heavy atom. The third kappa shape index (κ3) is 4.00. The van der Waals surface area contributed by atoms with Crippen molar-refractivity contribution in [3.05, 3.63) is 77.8 Å². The van der Waals surface area contributed by atoms with Crippen LogP contribution in [0.25, 0.3) is 16.9 Å². The molecule has 0 aliphatic heterocycles. The zero-order valence-electron chi connectivity index (χ0n) is 17.3. The van der Waals surface area contributed by atoms with E-state index < -0.39 is 0 Å². The first kappa shape index (κ1) is 20.6. The van der Waals surface area contributed by atoms with Crippen molar-refractivity contribution in [1.29, 1.82) is 0 Å². The van der Waals surface area contributed by atoms with Gasteiger partial charge in [0.25, 0.3) is 5.91 Å². The summed E-state index contributed by atoms with van der Waals surface area (Å²) < 4.78 is 1.83. The van der Waals surface area contributed by atoms with Gasteiger partial charge >= 0.3 is 0 Å². The molecule has 0 atom stereocenters. The van der Waals surface area contributed by atoms with Crippen LogP contribution in [0.5, 0.6) is 0 Å². The molecule has 0 N–H and O–H groups in total. The molecule has 2 heterocycles. The fourth-order valence-electron chi connectivity index (χ4n) is 3.20. The maximum atomic E-state index is 13.0. The second-order valence-corrected chi connectivity index (χ2v) is 7.55. The number of anilines is 2. The van der Waals surface area contributed by atoms with Gasteiger partial charge in [0.2, 0.25) is 5.91 Å². The number of amides is 2. The lowest BCUT2D eigenvalue weighted by atomic mass is 10.1. The highest BCUT2D eigenvalue weighted by Gasteiger charge is 2.17. The molecule has 0 radical (unpaired) electrons. The lowest BCUT2D eigenvalue weighted by Gasteiger charge is -2.17. The van der Waals surface area contributed by atoms with Crippen LogP contribution in [-0.2, 0) is 4.79 Å². The van der Waals surface area contributed by atoms with E-state index in [2.05, 4.69) is 9.97 Å². The molecule has 0 saturated heterocycles. The summed E-state index contributed by atoms with van der Waals surface area (Å²) >= 11 is 5.94. The van der Waals surface area contributed by atoms with E-state index in [-0.39, 0.29) is 17.5 Å². The second-order valence-electron chi connectivity index (χ2n) is 7.11. The number of benzene rings is 2. The number of carbonyl (C=O) groups is 2. The maximum Gasteiger partial charge on any atom is 0.278 e. The van der Waals surface area contributed by atoms with E-state index >= 15 is 0 Å². The molecular formula is C23H20ClN5O2. The number of hydrogen-bond acceptors (Lipinski definition) is 4. The minimum absolute atomic E-state index is 0.0402. The molecular weight excluding hydrogens is 414 g/mol. The van der Waals surface area contributed by atoms with Crippen LogP contribution < -0.4 is 9.80 Å². The van der Waals surface area contributed by atoms with Crippen molar-refractivity contribution in [2.45, 2.75) is 6.92 Å². The first-order valence-corrected chi connectivity index (χ1v) is 9.94.